The van der Waals surface area contributed by atoms with Gasteiger partial charge in [-0.15, -0.1) is 0 Å². The fourth-order valence-corrected chi connectivity index (χ4v) is 2.50. The first-order valence-corrected chi connectivity index (χ1v) is 6.08. The van der Waals surface area contributed by atoms with Crippen LogP contribution in [0.3, 0.4) is 0 Å². The van der Waals surface area contributed by atoms with Crippen molar-refractivity contribution in [1.29, 1.82) is 0 Å². The Hall–Kier alpha value is -0.771. The van der Waals surface area contributed by atoms with Gasteiger partial charge in [-0.2, -0.15) is 0 Å². The summed E-state index contributed by atoms with van der Waals surface area (Å²) >= 11 is 5.85. The molecular formula is C12H15ClFeN3O-. The van der Waals surface area contributed by atoms with E-state index < -0.39 is 0 Å². The Balaban J connectivity index is 0.00000162. The summed E-state index contributed by atoms with van der Waals surface area (Å²) in [7, 11) is 0. The van der Waals surface area contributed by atoms with E-state index in [2.05, 4.69) is 4.98 Å². The van der Waals surface area contributed by atoms with Crippen LogP contribution in [0.1, 0.15) is 31.2 Å². The molecule has 1 amide bonds. The molecule has 6 heteroatoms. The zero-order valence-electron chi connectivity index (χ0n) is 10.1. The topological polar surface area (TPSA) is 57.0 Å². The predicted octanol–water partition coefficient (Wildman–Crippen LogP) is 3.14. The van der Waals surface area contributed by atoms with E-state index in [0.29, 0.717) is 11.1 Å². The Morgan fingerprint density at radius 2 is 2.06 bits per heavy atom. The van der Waals surface area contributed by atoms with Crippen molar-refractivity contribution in [3.05, 3.63) is 28.6 Å². The number of hydrogen-bond acceptors (Lipinski definition) is 2. The van der Waals surface area contributed by atoms with E-state index in [4.69, 9.17) is 17.3 Å². The Kier molecular flexibility index (Phi) is 5.45. The van der Waals surface area contributed by atoms with Gasteiger partial charge in [0.2, 0.25) is 5.91 Å². The minimum Gasteiger partial charge on any atom is -0.482 e. The average Bonchev–Trinajstić information content (AvgIpc) is 2.28. The number of hydrogen-bond donors (Lipinski definition) is 0. The number of rotatable bonds is 1. The molecule has 0 spiro atoms. The number of aromatic nitrogens is 1. The van der Waals surface area contributed by atoms with E-state index in [-0.39, 0.29) is 28.8 Å². The van der Waals surface area contributed by atoms with Crippen molar-refractivity contribution in [3.63, 3.8) is 0 Å². The third-order valence-electron chi connectivity index (χ3n) is 3.23. The Morgan fingerprint density at radius 3 is 2.56 bits per heavy atom. The minimum absolute atomic E-state index is 0. The molecule has 0 radical (unpaired) electrons. The van der Waals surface area contributed by atoms with Crippen LogP contribution in [0.2, 0.25) is 5.15 Å². The molecule has 18 heavy (non-hydrogen) atoms. The molecule has 2 rings (SSSR count). The van der Waals surface area contributed by atoms with Gasteiger partial charge in [-0.25, -0.2) is 0 Å². The Labute approximate surface area is 122 Å². The minimum atomic E-state index is 0. The quantitative estimate of drug-likeness (QED) is 0.591. The number of amides is 1. The van der Waals surface area contributed by atoms with Gasteiger partial charge >= 0.3 is 0 Å². The molecule has 4 nitrogen and oxygen atoms in total. The normalized spacial score (nSPS) is 16.2. The summed E-state index contributed by atoms with van der Waals surface area (Å²) in [5.41, 5.74) is 8.61. The number of halogens is 1. The summed E-state index contributed by atoms with van der Waals surface area (Å²) in [6, 6.07) is 3.59. The van der Waals surface area contributed by atoms with Crippen LogP contribution in [0, 0.1) is 0 Å². The fraction of sp³-hybridized carbons (Fsp3) is 0.500. The summed E-state index contributed by atoms with van der Waals surface area (Å²) in [5.74, 6) is 0.731. The van der Waals surface area contributed by atoms with Crippen LogP contribution in [0.5, 0.6) is 0 Å². The van der Waals surface area contributed by atoms with Crippen LogP contribution in [-0.2, 0) is 21.9 Å². The van der Waals surface area contributed by atoms with Crippen molar-refractivity contribution >= 4 is 23.3 Å². The summed E-state index contributed by atoms with van der Waals surface area (Å²) in [4.78, 5) is 16.9. The van der Waals surface area contributed by atoms with Crippen LogP contribution < -0.4 is 0 Å². The van der Waals surface area contributed by atoms with E-state index in [1.165, 1.54) is 0 Å². The fourth-order valence-electron chi connectivity index (χ4n) is 2.28. The molecule has 1 aliphatic rings. The monoisotopic (exact) mass is 308 g/mol. The van der Waals surface area contributed by atoms with Crippen LogP contribution in [0.4, 0.5) is 5.82 Å². The van der Waals surface area contributed by atoms with E-state index in [1.807, 2.05) is 11.0 Å². The van der Waals surface area contributed by atoms with Crippen molar-refractivity contribution < 1.29 is 21.9 Å². The van der Waals surface area contributed by atoms with Crippen molar-refractivity contribution in [1.82, 2.24) is 9.88 Å². The number of likely N-dealkylation sites (tertiary alicyclic amines) is 1. The van der Waals surface area contributed by atoms with Gasteiger partial charge in [0.25, 0.3) is 0 Å². The summed E-state index contributed by atoms with van der Waals surface area (Å²) in [6.07, 6.45) is 1.86. The van der Waals surface area contributed by atoms with Gasteiger partial charge < -0.3 is 15.6 Å². The molecule has 100 valence electrons. The third-order valence-corrected chi connectivity index (χ3v) is 3.42. The van der Waals surface area contributed by atoms with Crippen molar-refractivity contribution in [2.45, 2.75) is 25.7 Å². The number of nitrogens with one attached hydrogen (secondary N) is 1. The maximum atomic E-state index is 11.2. The Bertz CT molecular complexity index is 413. The molecule has 1 aliphatic heterocycles. The number of carbonyl (C=O) groups excluding carboxylic acids is 1. The SMILES string of the molecule is CC(=O)N1CCC(c2cc([NH-])nc(Cl)c2)CC1.[Fe]. The maximum absolute atomic E-state index is 11.2. The second kappa shape index (κ2) is 6.41. The van der Waals surface area contributed by atoms with Crippen molar-refractivity contribution in [2.75, 3.05) is 13.1 Å². The first-order chi connectivity index (χ1) is 8.06. The zero-order chi connectivity index (χ0) is 12.4. The molecule has 0 aromatic carbocycles. The van der Waals surface area contributed by atoms with Crippen molar-refractivity contribution in [3.8, 4) is 0 Å². The molecule has 1 aromatic rings. The van der Waals surface area contributed by atoms with Gasteiger partial charge in [0.05, 0.1) is 0 Å². The molecule has 0 bridgehead atoms. The third kappa shape index (κ3) is 3.61. The van der Waals surface area contributed by atoms with Crippen LogP contribution in [0.15, 0.2) is 12.1 Å². The maximum Gasteiger partial charge on any atom is 0.219 e. The molecule has 1 aromatic heterocycles. The molecular weight excluding hydrogens is 293 g/mol. The first kappa shape index (κ1) is 15.3. The van der Waals surface area contributed by atoms with Crippen LogP contribution in [-0.4, -0.2) is 28.9 Å². The largest absolute Gasteiger partial charge is 0.482 e. The number of carbonyl (C=O) groups is 1. The van der Waals surface area contributed by atoms with Gasteiger partial charge in [-0.1, -0.05) is 23.5 Å². The standard InChI is InChI=1S/C12H15ClN3O.Fe/c1-8(17)16-4-2-9(3-5-16)10-6-11(13)15-12(14)7-10;/h6-7,9H,2-5H2,1H3,(H-,14,15);/q-1;. The van der Waals surface area contributed by atoms with E-state index in [9.17, 15) is 4.79 Å². The molecule has 0 unspecified atom stereocenters. The number of nitrogens with zero attached hydrogens (tertiary/aromatic N) is 2. The molecule has 1 N–H and O–H groups in total. The number of pyridine rings is 1. The van der Waals surface area contributed by atoms with Crippen LogP contribution >= 0.6 is 11.6 Å². The van der Waals surface area contributed by atoms with E-state index >= 15 is 0 Å². The molecule has 0 saturated carbocycles. The molecule has 1 fully saturated rings. The summed E-state index contributed by atoms with van der Waals surface area (Å²) < 4.78 is 0. The smallest absolute Gasteiger partial charge is 0.219 e. The van der Waals surface area contributed by atoms with Gasteiger partial charge in [0.15, 0.2) is 0 Å². The van der Waals surface area contributed by atoms with Crippen molar-refractivity contribution in [2.24, 2.45) is 0 Å². The summed E-state index contributed by atoms with van der Waals surface area (Å²) in [5, 5.41) is 0.376. The van der Waals surface area contributed by atoms with Gasteiger partial charge in [-0.05, 0) is 30.4 Å². The predicted molar refractivity (Wildman–Crippen MR) is 67.5 cm³/mol. The van der Waals surface area contributed by atoms with E-state index in [1.54, 1.807) is 13.0 Å². The molecule has 0 aliphatic carbocycles. The van der Waals surface area contributed by atoms with E-state index in [0.717, 1.165) is 31.5 Å². The molecule has 0 atom stereocenters. The average molecular weight is 309 g/mol. The number of piperidine rings is 1. The molecule has 2 heterocycles. The Morgan fingerprint density at radius 1 is 1.44 bits per heavy atom. The van der Waals surface area contributed by atoms with Gasteiger partial charge in [0, 0.05) is 42.2 Å². The van der Waals surface area contributed by atoms with Gasteiger partial charge in [0.1, 0.15) is 0 Å². The second-order valence-corrected chi connectivity index (χ2v) is 4.78. The molecule has 1 saturated heterocycles. The van der Waals surface area contributed by atoms with Gasteiger partial charge in [-0.3, -0.25) is 4.79 Å². The second-order valence-electron chi connectivity index (χ2n) is 4.39. The first-order valence-electron chi connectivity index (χ1n) is 5.71. The van der Waals surface area contributed by atoms with Crippen LogP contribution in [0.25, 0.3) is 5.73 Å². The summed E-state index contributed by atoms with van der Waals surface area (Å²) in [6.45, 7) is 3.17. The zero-order valence-corrected chi connectivity index (χ0v) is 12.0.